The van der Waals surface area contributed by atoms with Crippen molar-refractivity contribution < 1.29 is 27.9 Å². The largest absolute Gasteiger partial charge is 0.490 e. The van der Waals surface area contributed by atoms with Crippen molar-refractivity contribution in [2.45, 2.75) is 19.1 Å². The number of hydrogen-bond acceptors (Lipinski definition) is 6. The van der Waals surface area contributed by atoms with Crippen LogP contribution in [0.2, 0.25) is 0 Å². The van der Waals surface area contributed by atoms with Crippen LogP contribution in [0.25, 0.3) is 0 Å². The second kappa shape index (κ2) is 10.1. The lowest BCUT2D eigenvalue weighted by Gasteiger charge is -2.16. The summed E-state index contributed by atoms with van der Waals surface area (Å²) in [6, 6.07) is 7.72. The summed E-state index contributed by atoms with van der Waals surface area (Å²) in [6.07, 6.45) is -0.961. The minimum Gasteiger partial charge on any atom is -0.475 e. The predicted molar refractivity (Wildman–Crippen MR) is 89.1 cm³/mol. The minimum absolute atomic E-state index is 0.0282. The fraction of sp³-hybridized carbons (Fsp3) is 0.375. The molecule has 8 nitrogen and oxygen atoms in total. The van der Waals surface area contributed by atoms with Crippen LogP contribution in [0.4, 0.5) is 13.2 Å². The quantitative estimate of drug-likeness (QED) is 0.300. The zero-order chi connectivity index (χ0) is 20.4. The molecule has 0 radical (unpaired) electrons. The molecule has 1 aliphatic heterocycles. The van der Waals surface area contributed by atoms with E-state index in [1.165, 1.54) is 0 Å². The molecule has 1 atom stereocenters. The first-order chi connectivity index (χ1) is 12.7. The summed E-state index contributed by atoms with van der Waals surface area (Å²) in [5.41, 5.74) is 9.70. The second-order valence-corrected chi connectivity index (χ2v) is 5.51. The summed E-state index contributed by atoms with van der Waals surface area (Å²) >= 11 is 0. The third-order valence-corrected chi connectivity index (χ3v) is 3.59. The number of nitrogens with two attached hydrogens (primary N) is 1. The molecule has 0 aliphatic carbocycles. The van der Waals surface area contributed by atoms with Crippen LogP contribution in [-0.2, 0) is 16.1 Å². The van der Waals surface area contributed by atoms with Gasteiger partial charge in [-0.15, -0.1) is 0 Å². The lowest BCUT2D eigenvalue weighted by atomic mass is 10.1. The van der Waals surface area contributed by atoms with E-state index in [4.69, 9.17) is 20.9 Å². The van der Waals surface area contributed by atoms with Crippen molar-refractivity contribution in [1.29, 1.82) is 5.26 Å². The number of carboxylic acid groups (broad SMARTS) is 1. The minimum atomic E-state index is -5.08. The molecule has 1 aromatic carbocycles. The number of nitriles is 1. The molecular weight excluding hydrogens is 367 g/mol. The fourth-order valence-electron chi connectivity index (χ4n) is 2.31. The van der Waals surface area contributed by atoms with Crippen LogP contribution in [0.3, 0.4) is 0 Å². The van der Waals surface area contributed by atoms with Gasteiger partial charge in [0.25, 0.3) is 0 Å². The summed E-state index contributed by atoms with van der Waals surface area (Å²) in [4.78, 5) is 22.7. The van der Waals surface area contributed by atoms with Crippen LogP contribution in [0.1, 0.15) is 17.5 Å². The molecule has 0 spiro atoms. The Hall–Kier alpha value is -3.13. The van der Waals surface area contributed by atoms with Gasteiger partial charge < -0.3 is 15.7 Å². The standard InChI is InChI=1S/C14H17N5O.C2HF3O2/c15-7-13-4-5-19(14(13)20)9-12-3-1-2-11(6-12)8-17-18-10-16;3-2(4,5)1(6)7/h1-3,6,8,13,18H,4-5,7,9,15H2;(H,6,7)/t13-;/m0./s1. The van der Waals surface area contributed by atoms with Gasteiger partial charge in [0.2, 0.25) is 5.91 Å². The number of aliphatic carboxylic acids is 1. The third-order valence-electron chi connectivity index (χ3n) is 3.59. The molecule has 1 fully saturated rings. The molecule has 2 rings (SSSR count). The Morgan fingerprint density at radius 2 is 2.19 bits per heavy atom. The molecule has 146 valence electrons. The van der Waals surface area contributed by atoms with E-state index in [1.807, 2.05) is 29.2 Å². The van der Waals surface area contributed by atoms with E-state index in [0.717, 1.165) is 24.1 Å². The Labute approximate surface area is 153 Å². The molecule has 0 bridgehead atoms. The van der Waals surface area contributed by atoms with Gasteiger partial charge in [-0.25, -0.2) is 10.2 Å². The van der Waals surface area contributed by atoms with Crippen LogP contribution < -0.4 is 11.2 Å². The van der Waals surface area contributed by atoms with E-state index in [0.29, 0.717) is 13.1 Å². The van der Waals surface area contributed by atoms with Crippen molar-refractivity contribution in [3.63, 3.8) is 0 Å². The number of carboxylic acids is 1. The first-order valence-corrected chi connectivity index (χ1v) is 7.74. The number of carbonyl (C=O) groups excluding carboxylic acids is 1. The zero-order valence-electron chi connectivity index (χ0n) is 14.1. The summed E-state index contributed by atoms with van der Waals surface area (Å²) in [6.45, 7) is 1.76. The Morgan fingerprint density at radius 3 is 2.70 bits per heavy atom. The molecule has 1 aliphatic rings. The molecular formula is C16H18F3N5O3. The van der Waals surface area contributed by atoms with Gasteiger partial charge in [-0.1, -0.05) is 18.2 Å². The summed E-state index contributed by atoms with van der Waals surface area (Å²) < 4.78 is 31.7. The van der Waals surface area contributed by atoms with Gasteiger partial charge in [0.15, 0.2) is 6.19 Å². The highest BCUT2D eigenvalue weighted by molar-refractivity contribution is 5.81. The van der Waals surface area contributed by atoms with E-state index in [9.17, 15) is 18.0 Å². The van der Waals surface area contributed by atoms with E-state index in [-0.39, 0.29) is 11.8 Å². The maximum Gasteiger partial charge on any atom is 0.490 e. The summed E-state index contributed by atoms with van der Waals surface area (Å²) in [5, 5.41) is 19.2. The van der Waals surface area contributed by atoms with Gasteiger partial charge in [0.1, 0.15) is 0 Å². The maximum absolute atomic E-state index is 12.0. The fourth-order valence-corrected chi connectivity index (χ4v) is 2.31. The van der Waals surface area contributed by atoms with Crippen LogP contribution in [0.15, 0.2) is 29.4 Å². The van der Waals surface area contributed by atoms with E-state index < -0.39 is 12.1 Å². The van der Waals surface area contributed by atoms with Crippen molar-refractivity contribution in [2.24, 2.45) is 16.8 Å². The topological polar surface area (TPSA) is 132 Å². The van der Waals surface area contributed by atoms with Crippen LogP contribution in [0, 0.1) is 17.4 Å². The van der Waals surface area contributed by atoms with Crippen molar-refractivity contribution in [3.05, 3.63) is 35.4 Å². The number of alkyl halides is 3. The second-order valence-electron chi connectivity index (χ2n) is 5.51. The number of nitrogens with one attached hydrogen (secondary N) is 1. The Kier molecular flexibility index (Phi) is 8.22. The first kappa shape index (κ1) is 21.9. The van der Waals surface area contributed by atoms with Gasteiger partial charge in [0.05, 0.1) is 12.1 Å². The Balaban J connectivity index is 0.000000445. The summed E-state index contributed by atoms with van der Waals surface area (Å²) in [5.74, 6) is -2.65. The van der Waals surface area contributed by atoms with Gasteiger partial charge >= 0.3 is 12.1 Å². The molecule has 1 amide bonds. The monoisotopic (exact) mass is 385 g/mol. The van der Waals surface area contributed by atoms with E-state index in [2.05, 4.69) is 10.5 Å². The highest BCUT2D eigenvalue weighted by Gasteiger charge is 2.38. The number of nitrogens with zero attached hydrogens (tertiary/aromatic N) is 3. The molecule has 0 unspecified atom stereocenters. The number of rotatable bonds is 5. The predicted octanol–water partition coefficient (Wildman–Crippen LogP) is 1.03. The SMILES string of the molecule is N#CNN=Cc1cccc(CN2CC[C@@H](CN)C2=O)c1.O=C(O)C(F)(F)F. The van der Waals surface area contributed by atoms with Gasteiger partial charge in [-0.05, 0) is 23.6 Å². The number of hydrogen-bond donors (Lipinski definition) is 3. The smallest absolute Gasteiger partial charge is 0.475 e. The number of benzene rings is 1. The van der Waals surface area contributed by atoms with Gasteiger partial charge in [0, 0.05) is 19.6 Å². The van der Waals surface area contributed by atoms with Crippen molar-refractivity contribution in [2.75, 3.05) is 13.1 Å². The first-order valence-electron chi connectivity index (χ1n) is 7.74. The average molecular weight is 385 g/mol. The number of likely N-dealkylation sites (tertiary alicyclic amines) is 1. The van der Waals surface area contributed by atoms with Crippen molar-refractivity contribution in [3.8, 4) is 6.19 Å². The highest BCUT2D eigenvalue weighted by Crippen LogP contribution is 2.19. The zero-order valence-corrected chi connectivity index (χ0v) is 14.1. The molecule has 11 heteroatoms. The van der Waals surface area contributed by atoms with Crippen molar-refractivity contribution >= 4 is 18.1 Å². The van der Waals surface area contributed by atoms with Gasteiger partial charge in [-0.2, -0.15) is 23.5 Å². The third kappa shape index (κ3) is 7.33. The van der Waals surface area contributed by atoms with Crippen LogP contribution >= 0.6 is 0 Å². The van der Waals surface area contributed by atoms with Crippen LogP contribution in [-0.4, -0.2) is 47.4 Å². The number of hydrazone groups is 1. The van der Waals surface area contributed by atoms with Crippen molar-refractivity contribution in [1.82, 2.24) is 10.3 Å². The molecule has 1 heterocycles. The Bertz CT molecular complexity index is 731. The lowest BCUT2D eigenvalue weighted by molar-refractivity contribution is -0.192. The van der Waals surface area contributed by atoms with Crippen LogP contribution in [0.5, 0.6) is 0 Å². The maximum atomic E-state index is 12.0. The number of carbonyl (C=O) groups is 2. The lowest BCUT2D eigenvalue weighted by Crippen LogP contribution is -2.29. The molecule has 27 heavy (non-hydrogen) atoms. The summed E-state index contributed by atoms with van der Waals surface area (Å²) in [7, 11) is 0. The van der Waals surface area contributed by atoms with Gasteiger partial charge in [-0.3, -0.25) is 4.79 Å². The average Bonchev–Trinajstić information content (AvgIpc) is 2.95. The molecule has 1 aromatic rings. The van der Waals surface area contributed by atoms with E-state index >= 15 is 0 Å². The highest BCUT2D eigenvalue weighted by atomic mass is 19.4. The number of amides is 1. The molecule has 4 N–H and O–H groups in total. The number of halogens is 3. The Morgan fingerprint density at radius 1 is 1.52 bits per heavy atom. The molecule has 0 saturated carbocycles. The molecule has 0 aromatic heterocycles. The molecule has 1 saturated heterocycles. The van der Waals surface area contributed by atoms with E-state index in [1.54, 1.807) is 12.4 Å². The normalized spacial score (nSPS) is 16.6.